The maximum absolute atomic E-state index is 13.4. The number of nitrogens with two attached hydrogens (primary N) is 1. The molecule has 1 rings (SSSR count). The molecular formula is C9H13ClFN. The van der Waals surface area contributed by atoms with Crippen LogP contribution in [-0.2, 0) is 5.67 Å². The van der Waals surface area contributed by atoms with Gasteiger partial charge in [-0.2, -0.15) is 0 Å². The highest BCUT2D eigenvalue weighted by atomic mass is 35.5. The zero-order chi connectivity index (χ0) is 8.32. The zero-order valence-electron chi connectivity index (χ0n) is 6.96. The molecule has 1 unspecified atom stereocenters. The Balaban J connectivity index is 0.00000121. The molecule has 0 heterocycles. The molecule has 0 radical (unpaired) electrons. The van der Waals surface area contributed by atoms with Gasteiger partial charge in [0.2, 0.25) is 0 Å². The number of hydrogen-bond donors (Lipinski definition) is 1. The minimum Gasteiger partial charge on any atom is -0.327 e. The maximum Gasteiger partial charge on any atom is 0.145 e. The molecule has 0 amide bonds. The zero-order valence-corrected chi connectivity index (χ0v) is 7.77. The highest BCUT2D eigenvalue weighted by Crippen LogP contribution is 2.22. The van der Waals surface area contributed by atoms with E-state index in [1.165, 1.54) is 6.92 Å². The SMILES string of the molecule is CC(F)(CN)c1ccccc1.Cl. The fourth-order valence-corrected chi connectivity index (χ4v) is 0.904. The van der Waals surface area contributed by atoms with Crippen molar-refractivity contribution in [3.05, 3.63) is 35.9 Å². The monoisotopic (exact) mass is 189 g/mol. The molecular weight excluding hydrogens is 177 g/mol. The van der Waals surface area contributed by atoms with Crippen molar-refractivity contribution < 1.29 is 4.39 Å². The van der Waals surface area contributed by atoms with E-state index in [9.17, 15) is 4.39 Å². The molecule has 0 bridgehead atoms. The minimum absolute atomic E-state index is 0. The summed E-state index contributed by atoms with van der Waals surface area (Å²) in [6.45, 7) is 1.51. The molecule has 1 nitrogen and oxygen atoms in total. The lowest BCUT2D eigenvalue weighted by molar-refractivity contribution is 0.203. The first-order valence-electron chi connectivity index (χ1n) is 3.61. The molecule has 1 aromatic carbocycles. The fraction of sp³-hybridized carbons (Fsp3) is 0.333. The van der Waals surface area contributed by atoms with Crippen LogP contribution in [-0.4, -0.2) is 6.54 Å². The first kappa shape index (κ1) is 11.4. The summed E-state index contributed by atoms with van der Waals surface area (Å²) in [6.07, 6.45) is 0. The molecule has 0 saturated carbocycles. The normalized spacial score (nSPS) is 14.6. The van der Waals surface area contributed by atoms with Gasteiger partial charge in [0.15, 0.2) is 0 Å². The first-order chi connectivity index (χ1) is 5.17. The van der Waals surface area contributed by atoms with Gasteiger partial charge in [-0.05, 0) is 12.5 Å². The Morgan fingerprint density at radius 2 is 1.83 bits per heavy atom. The third kappa shape index (κ3) is 2.47. The van der Waals surface area contributed by atoms with E-state index in [0.717, 1.165) is 0 Å². The predicted molar refractivity (Wildman–Crippen MR) is 51.2 cm³/mol. The van der Waals surface area contributed by atoms with Gasteiger partial charge in [-0.3, -0.25) is 0 Å². The van der Waals surface area contributed by atoms with Crippen molar-refractivity contribution in [2.75, 3.05) is 6.54 Å². The largest absolute Gasteiger partial charge is 0.327 e. The number of hydrogen-bond acceptors (Lipinski definition) is 1. The van der Waals surface area contributed by atoms with Gasteiger partial charge in [0.05, 0.1) is 0 Å². The van der Waals surface area contributed by atoms with Crippen molar-refractivity contribution in [3.8, 4) is 0 Å². The molecule has 0 saturated heterocycles. The molecule has 1 aromatic rings. The number of alkyl halides is 1. The molecule has 0 aliphatic heterocycles. The molecule has 1 atom stereocenters. The highest BCUT2D eigenvalue weighted by Gasteiger charge is 2.22. The van der Waals surface area contributed by atoms with Gasteiger partial charge >= 0.3 is 0 Å². The van der Waals surface area contributed by atoms with Crippen molar-refractivity contribution in [1.29, 1.82) is 0 Å². The number of benzene rings is 1. The Morgan fingerprint density at radius 3 is 2.25 bits per heavy atom. The summed E-state index contributed by atoms with van der Waals surface area (Å²) in [5.74, 6) is 0. The lowest BCUT2D eigenvalue weighted by Crippen LogP contribution is -2.26. The average Bonchev–Trinajstić information content (AvgIpc) is 2.06. The standard InChI is InChI=1S/C9H12FN.ClH/c1-9(10,7-11)8-5-3-2-4-6-8;/h2-6H,7,11H2,1H3;1H. The second-order valence-electron chi connectivity index (χ2n) is 2.77. The first-order valence-corrected chi connectivity index (χ1v) is 3.61. The van der Waals surface area contributed by atoms with Gasteiger partial charge in [-0.15, -0.1) is 12.4 Å². The van der Waals surface area contributed by atoms with E-state index in [1.54, 1.807) is 12.1 Å². The van der Waals surface area contributed by atoms with E-state index < -0.39 is 5.67 Å². The van der Waals surface area contributed by atoms with Crippen molar-refractivity contribution in [2.24, 2.45) is 5.73 Å². The van der Waals surface area contributed by atoms with E-state index in [2.05, 4.69) is 0 Å². The summed E-state index contributed by atoms with van der Waals surface area (Å²) in [4.78, 5) is 0. The molecule has 3 heteroatoms. The van der Waals surface area contributed by atoms with Crippen LogP contribution in [0.15, 0.2) is 30.3 Å². The predicted octanol–water partition coefficient (Wildman–Crippen LogP) is 2.25. The summed E-state index contributed by atoms with van der Waals surface area (Å²) in [5.41, 5.74) is 4.52. The van der Waals surface area contributed by atoms with Crippen LogP contribution in [0.25, 0.3) is 0 Å². The van der Waals surface area contributed by atoms with Crippen molar-refractivity contribution >= 4 is 12.4 Å². The van der Waals surface area contributed by atoms with Crippen LogP contribution in [0.2, 0.25) is 0 Å². The van der Waals surface area contributed by atoms with Gasteiger partial charge < -0.3 is 5.73 Å². The summed E-state index contributed by atoms with van der Waals surface area (Å²) < 4.78 is 13.4. The third-order valence-electron chi connectivity index (χ3n) is 1.76. The second kappa shape index (κ2) is 4.43. The Bertz CT molecular complexity index is 223. The molecule has 68 valence electrons. The Labute approximate surface area is 78.2 Å². The van der Waals surface area contributed by atoms with Gasteiger partial charge in [-0.25, -0.2) is 4.39 Å². The van der Waals surface area contributed by atoms with Crippen LogP contribution in [0.5, 0.6) is 0 Å². The summed E-state index contributed by atoms with van der Waals surface area (Å²) in [6, 6.07) is 8.96. The summed E-state index contributed by atoms with van der Waals surface area (Å²) in [7, 11) is 0. The average molecular weight is 190 g/mol. The van der Waals surface area contributed by atoms with Gasteiger partial charge in [-0.1, -0.05) is 30.3 Å². The van der Waals surface area contributed by atoms with Crippen LogP contribution in [0, 0.1) is 0 Å². The lowest BCUT2D eigenvalue weighted by atomic mass is 9.99. The van der Waals surface area contributed by atoms with Crippen LogP contribution < -0.4 is 5.73 Å². The smallest absolute Gasteiger partial charge is 0.145 e. The van der Waals surface area contributed by atoms with E-state index in [0.29, 0.717) is 5.56 Å². The second-order valence-corrected chi connectivity index (χ2v) is 2.77. The fourth-order valence-electron chi connectivity index (χ4n) is 0.904. The maximum atomic E-state index is 13.4. The molecule has 2 N–H and O–H groups in total. The number of rotatable bonds is 2. The van der Waals surface area contributed by atoms with Crippen molar-refractivity contribution in [3.63, 3.8) is 0 Å². The summed E-state index contributed by atoms with van der Waals surface area (Å²) >= 11 is 0. The molecule has 12 heavy (non-hydrogen) atoms. The molecule has 0 fully saturated rings. The Morgan fingerprint density at radius 1 is 1.33 bits per heavy atom. The van der Waals surface area contributed by atoms with Crippen molar-refractivity contribution in [2.45, 2.75) is 12.6 Å². The van der Waals surface area contributed by atoms with Crippen LogP contribution in [0.4, 0.5) is 4.39 Å². The Kier molecular flexibility index (Phi) is 4.21. The van der Waals surface area contributed by atoms with E-state index in [4.69, 9.17) is 5.73 Å². The molecule has 0 aliphatic carbocycles. The van der Waals surface area contributed by atoms with Crippen LogP contribution in [0.1, 0.15) is 12.5 Å². The molecule has 0 aliphatic rings. The van der Waals surface area contributed by atoms with Gasteiger partial charge in [0.25, 0.3) is 0 Å². The van der Waals surface area contributed by atoms with Gasteiger partial charge in [0.1, 0.15) is 5.67 Å². The highest BCUT2D eigenvalue weighted by molar-refractivity contribution is 5.85. The van der Waals surface area contributed by atoms with E-state index in [1.807, 2.05) is 18.2 Å². The lowest BCUT2D eigenvalue weighted by Gasteiger charge is -2.17. The van der Waals surface area contributed by atoms with E-state index >= 15 is 0 Å². The third-order valence-corrected chi connectivity index (χ3v) is 1.76. The van der Waals surface area contributed by atoms with Crippen LogP contribution >= 0.6 is 12.4 Å². The Hall–Kier alpha value is -0.600. The van der Waals surface area contributed by atoms with Crippen LogP contribution in [0.3, 0.4) is 0 Å². The topological polar surface area (TPSA) is 26.0 Å². The minimum atomic E-state index is -1.39. The van der Waals surface area contributed by atoms with Gasteiger partial charge in [0, 0.05) is 6.54 Å². The molecule has 0 aromatic heterocycles. The quantitative estimate of drug-likeness (QED) is 0.759. The molecule has 0 spiro atoms. The van der Waals surface area contributed by atoms with Crippen molar-refractivity contribution in [1.82, 2.24) is 0 Å². The summed E-state index contributed by atoms with van der Waals surface area (Å²) in [5, 5.41) is 0. The van der Waals surface area contributed by atoms with E-state index in [-0.39, 0.29) is 19.0 Å². The number of halogens is 2.